The monoisotopic (exact) mass is 278 g/mol. The number of rotatable bonds is 0. The highest BCUT2D eigenvalue weighted by atomic mass is 32.3. The van der Waals surface area contributed by atoms with Crippen LogP contribution in [0.2, 0.25) is 0 Å². The van der Waals surface area contributed by atoms with E-state index in [1.807, 2.05) is 0 Å². The molecule has 0 saturated carbocycles. The fourth-order valence-corrected chi connectivity index (χ4v) is 5.43. The van der Waals surface area contributed by atoms with Gasteiger partial charge in [0.1, 0.15) is 10.6 Å². The molecule has 2 aliphatic heterocycles. The zero-order valence-electron chi connectivity index (χ0n) is 7.86. The average molecular weight is 278 g/mol. The Balaban J connectivity index is 2.62. The third kappa shape index (κ3) is 0.931. The average Bonchev–Trinajstić information content (AvgIpc) is 2.43. The van der Waals surface area contributed by atoms with E-state index in [1.165, 1.54) is 6.07 Å². The normalized spacial score (nSPS) is 23.0. The number of halogens is 1. The van der Waals surface area contributed by atoms with Crippen LogP contribution in [0.15, 0.2) is 23.1 Å². The van der Waals surface area contributed by atoms with Gasteiger partial charge in [-0.15, -0.1) is 3.71 Å². The summed E-state index contributed by atoms with van der Waals surface area (Å²) in [4.78, 5) is 11.0. The number of benzene rings is 1. The lowest BCUT2D eigenvalue weighted by molar-refractivity contribution is 0.0928. The van der Waals surface area contributed by atoms with Gasteiger partial charge >= 0.3 is 10.2 Å². The summed E-state index contributed by atoms with van der Waals surface area (Å²) in [6.07, 6.45) is 0. The van der Waals surface area contributed by atoms with E-state index in [4.69, 9.17) is 0 Å². The Morgan fingerprint density at radius 1 is 1.12 bits per heavy atom. The minimum absolute atomic E-state index is 0.341. The van der Waals surface area contributed by atoms with Gasteiger partial charge < -0.3 is 0 Å². The molecule has 3 rings (SSSR count). The molecule has 0 spiro atoms. The number of anilines is 1. The fraction of sp³-hybridized carbons (Fsp3) is 0. The maximum atomic E-state index is 13.5. The summed E-state index contributed by atoms with van der Waals surface area (Å²) >= 11 is 0. The van der Waals surface area contributed by atoms with E-state index in [-0.39, 0.29) is 5.56 Å². The van der Waals surface area contributed by atoms with Crippen LogP contribution in [0.3, 0.4) is 0 Å². The van der Waals surface area contributed by atoms with Crippen molar-refractivity contribution in [2.24, 2.45) is 0 Å². The van der Waals surface area contributed by atoms with Crippen LogP contribution in [0.4, 0.5) is 10.2 Å². The second-order valence-electron chi connectivity index (χ2n) is 3.38. The predicted molar refractivity (Wildman–Crippen MR) is 52.3 cm³/mol. The molecule has 0 radical (unpaired) electrons. The van der Waals surface area contributed by atoms with Gasteiger partial charge in [0.05, 0.1) is 5.56 Å². The molecule has 1 aromatic rings. The summed E-state index contributed by atoms with van der Waals surface area (Å²) < 4.78 is 59.0. The molecule has 0 aromatic heterocycles. The Labute approximate surface area is 95.2 Å². The van der Waals surface area contributed by atoms with Crippen molar-refractivity contribution >= 4 is 31.8 Å². The van der Waals surface area contributed by atoms with Gasteiger partial charge in [-0.25, -0.2) is 0 Å². The Morgan fingerprint density at radius 2 is 1.76 bits per heavy atom. The first-order valence-corrected chi connectivity index (χ1v) is 7.07. The standard InChI is InChI=1S/C7H3FN2O5S2/c8-9-5-3-1-2-4-6(5)16(12,13)10(7(4)11)17(9,14)15/h1-3H. The predicted octanol–water partition coefficient (Wildman–Crippen LogP) is -0.220. The van der Waals surface area contributed by atoms with Crippen molar-refractivity contribution in [1.82, 2.24) is 3.71 Å². The first-order valence-electron chi connectivity index (χ1n) is 4.23. The minimum atomic E-state index is -5.01. The Hall–Kier alpha value is -1.68. The van der Waals surface area contributed by atoms with E-state index in [0.717, 1.165) is 12.1 Å². The number of amides is 1. The lowest BCUT2D eigenvalue weighted by Crippen LogP contribution is -2.46. The molecule has 2 bridgehead atoms. The summed E-state index contributed by atoms with van der Waals surface area (Å²) in [5.41, 5.74) is -1.00. The van der Waals surface area contributed by atoms with Gasteiger partial charge in [0.25, 0.3) is 15.9 Å². The number of nitrogens with zero attached hydrogens (tertiary/aromatic N) is 2. The van der Waals surface area contributed by atoms with E-state index >= 15 is 0 Å². The van der Waals surface area contributed by atoms with Crippen LogP contribution in [0, 0.1) is 0 Å². The maximum absolute atomic E-state index is 13.5. The molecule has 0 fully saturated rings. The third-order valence-electron chi connectivity index (χ3n) is 2.47. The largest absolute Gasteiger partial charge is 0.369 e. The zero-order valence-corrected chi connectivity index (χ0v) is 9.50. The number of carbonyl (C=O) groups excluding carboxylic acids is 1. The summed E-state index contributed by atoms with van der Waals surface area (Å²) in [6.45, 7) is 0. The minimum Gasteiger partial charge on any atom is -0.267 e. The number of hydrogen-bond acceptors (Lipinski definition) is 5. The molecule has 1 amide bonds. The Kier molecular flexibility index (Phi) is 1.60. The SMILES string of the molecule is O=C1c2cccc3c2S(=O)(=O)N1S(=O)(=O)N3F. The quantitative estimate of drug-likeness (QED) is 0.612. The summed E-state index contributed by atoms with van der Waals surface area (Å²) in [7, 11) is -9.51. The third-order valence-corrected chi connectivity index (χ3v) is 6.36. The van der Waals surface area contributed by atoms with Gasteiger partial charge in [-0.2, -0.15) is 16.8 Å². The smallest absolute Gasteiger partial charge is 0.267 e. The molecule has 7 nitrogen and oxygen atoms in total. The Morgan fingerprint density at radius 3 is 2.41 bits per heavy atom. The van der Waals surface area contributed by atoms with E-state index in [0.29, 0.717) is 0 Å². The molecule has 2 heterocycles. The van der Waals surface area contributed by atoms with Crippen molar-refractivity contribution in [3.05, 3.63) is 23.8 Å². The van der Waals surface area contributed by atoms with E-state index in [1.54, 1.807) is 0 Å². The molecular weight excluding hydrogens is 275 g/mol. The topological polar surface area (TPSA) is 91.8 Å². The van der Waals surface area contributed by atoms with E-state index in [2.05, 4.69) is 0 Å². The molecule has 2 aliphatic rings. The van der Waals surface area contributed by atoms with Crippen LogP contribution >= 0.6 is 0 Å². The number of sulfonamides is 1. The summed E-state index contributed by atoms with van der Waals surface area (Å²) in [5.74, 6) is -1.26. The van der Waals surface area contributed by atoms with Gasteiger partial charge in [0.15, 0.2) is 0 Å². The molecule has 0 aliphatic carbocycles. The lowest BCUT2D eigenvalue weighted by atomic mass is 10.2. The molecule has 17 heavy (non-hydrogen) atoms. The molecule has 10 heteroatoms. The molecule has 0 atom stereocenters. The van der Waals surface area contributed by atoms with Gasteiger partial charge in [-0.1, -0.05) is 15.1 Å². The molecule has 0 unspecified atom stereocenters. The molecule has 0 saturated heterocycles. The van der Waals surface area contributed by atoms with Crippen LogP contribution in [-0.2, 0) is 20.2 Å². The van der Waals surface area contributed by atoms with Crippen LogP contribution in [0.1, 0.15) is 10.4 Å². The molecule has 1 aromatic carbocycles. The Bertz CT molecular complexity index is 769. The number of carbonyl (C=O) groups is 1. The van der Waals surface area contributed by atoms with Crippen LogP contribution < -0.4 is 4.53 Å². The lowest BCUT2D eigenvalue weighted by Gasteiger charge is -2.24. The van der Waals surface area contributed by atoms with Crippen LogP contribution in [0.25, 0.3) is 0 Å². The van der Waals surface area contributed by atoms with Gasteiger partial charge in [-0.05, 0) is 12.1 Å². The highest BCUT2D eigenvalue weighted by molar-refractivity contribution is 8.06. The van der Waals surface area contributed by atoms with Crippen LogP contribution in [0.5, 0.6) is 0 Å². The van der Waals surface area contributed by atoms with Crippen molar-refractivity contribution in [3.63, 3.8) is 0 Å². The van der Waals surface area contributed by atoms with Crippen molar-refractivity contribution in [3.8, 4) is 0 Å². The number of hydrogen-bond donors (Lipinski definition) is 0. The molecule has 90 valence electrons. The van der Waals surface area contributed by atoms with E-state index in [9.17, 15) is 26.1 Å². The zero-order chi connectivity index (χ0) is 12.6. The van der Waals surface area contributed by atoms with Gasteiger partial charge in [0, 0.05) is 0 Å². The number of fused-ring (bicyclic) bond motifs is 1. The second kappa shape index (κ2) is 2.59. The molecular formula is C7H3FN2O5S2. The highest BCUT2D eigenvalue weighted by Crippen LogP contribution is 2.45. The fourth-order valence-electron chi connectivity index (χ4n) is 1.81. The first kappa shape index (κ1) is 10.5. The molecule has 0 N–H and O–H groups in total. The highest BCUT2D eigenvalue weighted by Gasteiger charge is 2.58. The summed E-state index contributed by atoms with van der Waals surface area (Å²) in [6, 6.07) is 3.32. The van der Waals surface area contributed by atoms with Gasteiger partial charge in [-0.3, -0.25) is 4.79 Å². The van der Waals surface area contributed by atoms with Crippen molar-refractivity contribution < 1.29 is 26.1 Å². The van der Waals surface area contributed by atoms with Crippen molar-refractivity contribution in [2.45, 2.75) is 4.90 Å². The van der Waals surface area contributed by atoms with Crippen molar-refractivity contribution in [2.75, 3.05) is 4.53 Å². The second-order valence-corrected chi connectivity index (χ2v) is 6.92. The first-order chi connectivity index (χ1) is 7.79. The van der Waals surface area contributed by atoms with Crippen LogP contribution in [-0.4, -0.2) is 26.5 Å². The summed E-state index contributed by atoms with van der Waals surface area (Å²) in [5, 5.41) is 0. The van der Waals surface area contributed by atoms with Crippen molar-refractivity contribution in [1.29, 1.82) is 0 Å². The maximum Gasteiger partial charge on any atom is 0.369 e. The van der Waals surface area contributed by atoms with E-state index < -0.39 is 45.0 Å². The van der Waals surface area contributed by atoms with Gasteiger partial charge in [0.2, 0.25) is 0 Å².